The van der Waals surface area contributed by atoms with Crippen LogP contribution in [0.5, 0.6) is 0 Å². The predicted molar refractivity (Wildman–Crippen MR) is 111 cm³/mol. The third kappa shape index (κ3) is 4.07. The molecular weight excluding hydrogens is 350 g/mol. The van der Waals surface area contributed by atoms with Crippen molar-refractivity contribution in [1.29, 1.82) is 0 Å². The van der Waals surface area contributed by atoms with E-state index in [-0.39, 0.29) is 5.91 Å². The van der Waals surface area contributed by atoms with Crippen LogP contribution in [-0.4, -0.2) is 65.2 Å². The second-order valence-corrected chi connectivity index (χ2v) is 8.12. The molecule has 0 bridgehead atoms. The number of carbonyl (C=O) groups excluding carboxylic acids is 1. The Balaban J connectivity index is 1.37. The van der Waals surface area contributed by atoms with Crippen LogP contribution in [0.25, 0.3) is 0 Å². The van der Waals surface area contributed by atoms with Crippen LogP contribution >= 0.6 is 0 Å². The van der Waals surface area contributed by atoms with Crippen LogP contribution in [0.15, 0.2) is 30.5 Å². The van der Waals surface area contributed by atoms with Gasteiger partial charge in [-0.05, 0) is 56.0 Å². The molecule has 6 heteroatoms. The van der Waals surface area contributed by atoms with Gasteiger partial charge in [-0.25, -0.2) is 0 Å². The molecule has 0 unspecified atom stereocenters. The van der Waals surface area contributed by atoms with Gasteiger partial charge in [-0.1, -0.05) is 18.2 Å². The number of anilines is 1. The molecule has 0 atom stereocenters. The fourth-order valence-electron chi connectivity index (χ4n) is 4.63. The fourth-order valence-corrected chi connectivity index (χ4v) is 4.63. The summed E-state index contributed by atoms with van der Waals surface area (Å²) < 4.78 is 0. The Labute approximate surface area is 167 Å². The first kappa shape index (κ1) is 19.0. The summed E-state index contributed by atoms with van der Waals surface area (Å²) in [5, 5.41) is 7.27. The summed E-state index contributed by atoms with van der Waals surface area (Å²) in [5.74, 6) is 0.813. The van der Waals surface area contributed by atoms with Crippen LogP contribution in [0.2, 0.25) is 0 Å². The Hall–Kier alpha value is -2.34. The first-order chi connectivity index (χ1) is 13.6. The highest BCUT2D eigenvalue weighted by molar-refractivity contribution is 5.73. The number of nitrogens with zero attached hydrogens (tertiary/aromatic N) is 4. The van der Waals surface area contributed by atoms with E-state index in [1.807, 2.05) is 11.1 Å². The summed E-state index contributed by atoms with van der Waals surface area (Å²) in [6, 6.07) is 8.77. The van der Waals surface area contributed by atoms with E-state index in [9.17, 15) is 4.79 Å². The molecule has 0 aliphatic carbocycles. The minimum Gasteiger partial charge on any atom is -0.368 e. The van der Waals surface area contributed by atoms with E-state index in [1.54, 1.807) is 6.92 Å². The Bertz CT molecular complexity index is 801. The lowest BCUT2D eigenvalue weighted by atomic mass is 9.89. The number of aromatic nitrogens is 2. The molecule has 3 heterocycles. The number of piperazine rings is 1. The molecule has 6 nitrogen and oxygen atoms in total. The predicted octanol–water partition coefficient (Wildman–Crippen LogP) is 2.77. The van der Waals surface area contributed by atoms with Gasteiger partial charge < -0.3 is 9.80 Å². The Morgan fingerprint density at radius 2 is 1.82 bits per heavy atom. The van der Waals surface area contributed by atoms with Crippen LogP contribution < -0.4 is 4.90 Å². The molecule has 0 saturated carbocycles. The maximum absolute atomic E-state index is 11.6. The minimum atomic E-state index is 0.184. The van der Waals surface area contributed by atoms with E-state index in [4.69, 9.17) is 0 Å². The van der Waals surface area contributed by atoms with E-state index in [2.05, 4.69) is 51.2 Å². The van der Waals surface area contributed by atoms with Gasteiger partial charge in [-0.15, -0.1) is 0 Å². The zero-order valence-corrected chi connectivity index (χ0v) is 17.0. The molecular formula is C22H31N5O. The molecule has 1 aromatic carbocycles. The maximum atomic E-state index is 11.6. The largest absolute Gasteiger partial charge is 0.368 e. The summed E-state index contributed by atoms with van der Waals surface area (Å²) in [6.07, 6.45) is 4.39. The van der Waals surface area contributed by atoms with Crippen LogP contribution in [0.3, 0.4) is 0 Å². The minimum absolute atomic E-state index is 0.184. The van der Waals surface area contributed by atoms with Crippen LogP contribution in [-0.2, 0) is 11.3 Å². The monoisotopic (exact) mass is 381 g/mol. The molecule has 2 aliphatic heterocycles. The molecule has 2 saturated heterocycles. The SMILES string of the molecule is CC(=O)N1CCN(c2ccccc2CN2CCC(c3cn[nH]c3C)CC2)CC1. The number of benzene rings is 1. The van der Waals surface area contributed by atoms with Gasteiger partial charge in [0.2, 0.25) is 5.91 Å². The molecule has 1 aromatic heterocycles. The maximum Gasteiger partial charge on any atom is 0.219 e. The zero-order chi connectivity index (χ0) is 19.5. The van der Waals surface area contributed by atoms with Crippen molar-refractivity contribution in [3.8, 4) is 0 Å². The summed E-state index contributed by atoms with van der Waals surface area (Å²) in [7, 11) is 0. The number of hydrogen-bond donors (Lipinski definition) is 1. The van der Waals surface area contributed by atoms with Gasteiger partial charge in [-0.3, -0.25) is 14.8 Å². The topological polar surface area (TPSA) is 55.5 Å². The van der Waals surface area contributed by atoms with Crippen molar-refractivity contribution in [1.82, 2.24) is 20.0 Å². The molecule has 1 amide bonds. The molecule has 28 heavy (non-hydrogen) atoms. The van der Waals surface area contributed by atoms with Crippen molar-refractivity contribution in [3.63, 3.8) is 0 Å². The molecule has 4 rings (SSSR count). The van der Waals surface area contributed by atoms with Crippen molar-refractivity contribution >= 4 is 11.6 Å². The normalized spacial score (nSPS) is 19.2. The smallest absolute Gasteiger partial charge is 0.219 e. The quantitative estimate of drug-likeness (QED) is 0.885. The molecule has 0 spiro atoms. The number of aromatic amines is 1. The average Bonchev–Trinajstić information content (AvgIpc) is 3.15. The molecule has 150 valence electrons. The highest BCUT2D eigenvalue weighted by atomic mass is 16.2. The zero-order valence-electron chi connectivity index (χ0n) is 17.0. The number of piperidine rings is 1. The standard InChI is InChI=1S/C22H31N5O/c1-17-21(15-23-24-17)19-7-9-25(10-8-19)16-20-5-3-4-6-22(20)27-13-11-26(12-14-27)18(2)28/h3-6,15,19H,7-14,16H2,1-2H3,(H,23,24). The molecule has 0 radical (unpaired) electrons. The van der Waals surface area contributed by atoms with Crippen LogP contribution in [0, 0.1) is 6.92 Å². The van der Waals surface area contributed by atoms with Crippen molar-refractivity contribution in [2.24, 2.45) is 0 Å². The third-order valence-electron chi connectivity index (χ3n) is 6.35. The molecule has 2 aromatic rings. The van der Waals surface area contributed by atoms with E-state index in [0.717, 1.165) is 45.8 Å². The lowest BCUT2D eigenvalue weighted by Crippen LogP contribution is -2.48. The van der Waals surface area contributed by atoms with E-state index < -0.39 is 0 Å². The summed E-state index contributed by atoms with van der Waals surface area (Å²) >= 11 is 0. The van der Waals surface area contributed by atoms with Crippen LogP contribution in [0.1, 0.15) is 42.5 Å². The number of amides is 1. The second-order valence-electron chi connectivity index (χ2n) is 8.12. The summed E-state index contributed by atoms with van der Waals surface area (Å²) in [6.45, 7) is 10.5. The lowest BCUT2D eigenvalue weighted by Gasteiger charge is -2.37. The van der Waals surface area contributed by atoms with Gasteiger partial charge >= 0.3 is 0 Å². The van der Waals surface area contributed by atoms with Gasteiger partial charge in [-0.2, -0.15) is 5.10 Å². The summed E-state index contributed by atoms with van der Waals surface area (Å²) in [5.41, 5.74) is 5.34. The van der Waals surface area contributed by atoms with Gasteiger partial charge in [0.1, 0.15) is 0 Å². The molecule has 1 N–H and O–H groups in total. The molecule has 2 aliphatic rings. The third-order valence-corrected chi connectivity index (χ3v) is 6.35. The number of carbonyl (C=O) groups is 1. The van der Waals surface area contributed by atoms with Crippen molar-refractivity contribution in [3.05, 3.63) is 47.3 Å². The number of hydrogen-bond acceptors (Lipinski definition) is 4. The lowest BCUT2D eigenvalue weighted by molar-refractivity contribution is -0.129. The Kier molecular flexibility index (Phi) is 5.67. The molecule has 2 fully saturated rings. The van der Waals surface area contributed by atoms with Gasteiger partial charge in [0.15, 0.2) is 0 Å². The fraction of sp³-hybridized carbons (Fsp3) is 0.545. The first-order valence-corrected chi connectivity index (χ1v) is 10.4. The van der Waals surface area contributed by atoms with Crippen molar-refractivity contribution < 1.29 is 4.79 Å². The Morgan fingerprint density at radius 1 is 1.11 bits per heavy atom. The second kappa shape index (κ2) is 8.35. The highest BCUT2D eigenvalue weighted by Gasteiger charge is 2.25. The number of para-hydroxylation sites is 1. The van der Waals surface area contributed by atoms with Gasteiger partial charge in [0.25, 0.3) is 0 Å². The highest BCUT2D eigenvalue weighted by Crippen LogP contribution is 2.31. The average molecular weight is 382 g/mol. The number of rotatable bonds is 4. The summed E-state index contributed by atoms with van der Waals surface area (Å²) in [4.78, 5) is 18.6. The van der Waals surface area contributed by atoms with Gasteiger partial charge in [0, 0.05) is 51.0 Å². The Morgan fingerprint density at radius 3 is 2.46 bits per heavy atom. The van der Waals surface area contributed by atoms with E-state index >= 15 is 0 Å². The van der Waals surface area contributed by atoms with Gasteiger partial charge in [0.05, 0.1) is 6.20 Å². The number of nitrogens with one attached hydrogen (secondary N) is 1. The number of H-pyrrole nitrogens is 1. The van der Waals surface area contributed by atoms with E-state index in [0.29, 0.717) is 5.92 Å². The van der Waals surface area contributed by atoms with Crippen molar-refractivity contribution in [2.75, 3.05) is 44.2 Å². The van der Waals surface area contributed by atoms with E-state index in [1.165, 1.54) is 35.3 Å². The number of likely N-dealkylation sites (tertiary alicyclic amines) is 1. The van der Waals surface area contributed by atoms with Crippen LogP contribution in [0.4, 0.5) is 5.69 Å². The van der Waals surface area contributed by atoms with Crippen molar-refractivity contribution in [2.45, 2.75) is 39.2 Å². The number of aryl methyl sites for hydroxylation is 1. The first-order valence-electron chi connectivity index (χ1n) is 10.4.